The van der Waals surface area contributed by atoms with Crippen molar-refractivity contribution >= 4 is 23.4 Å². The molecule has 1 atom stereocenters. The summed E-state index contributed by atoms with van der Waals surface area (Å²) in [6.45, 7) is 0.895. The van der Waals surface area contributed by atoms with Crippen LogP contribution in [0.25, 0.3) is 0 Å². The van der Waals surface area contributed by atoms with E-state index in [9.17, 15) is 4.79 Å². The molecule has 0 radical (unpaired) electrons. The zero-order valence-corrected chi connectivity index (χ0v) is 12.8. The van der Waals surface area contributed by atoms with Crippen LogP contribution in [0.3, 0.4) is 0 Å². The first kappa shape index (κ1) is 15.9. The van der Waals surface area contributed by atoms with E-state index < -0.39 is 0 Å². The van der Waals surface area contributed by atoms with E-state index in [-0.39, 0.29) is 5.91 Å². The lowest BCUT2D eigenvalue weighted by molar-refractivity contribution is -0.116. The molecule has 1 aliphatic rings. The predicted octanol–water partition coefficient (Wildman–Crippen LogP) is 3.19. The van der Waals surface area contributed by atoms with E-state index in [0.717, 1.165) is 24.5 Å². The van der Waals surface area contributed by atoms with E-state index in [1.165, 1.54) is 12.8 Å². The van der Waals surface area contributed by atoms with Crippen LogP contribution in [0.4, 0.5) is 5.69 Å². The maximum absolute atomic E-state index is 11.8. The fourth-order valence-electron chi connectivity index (χ4n) is 2.23. The van der Waals surface area contributed by atoms with E-state index >= 15 is 0 Å². The summed E-state index contributed by atoms with van der Waals surface area (Å²) in [5.41, 5.74) is 1.09. The number of benzene rings is 1. The first-order valence-electron chi connectivity index (χ1n) is 7.28. The third kappa shape index (κ3) is 5.41. The fraction of sp³-hybridized carbons (Fsp3) is 0.500. The Morgan fingerprint density at radius 3 is 3.10 bits per heavy atom. The third-order valence-electron chi connectivity index (χ3n) is 3.34. The van der Waals surface area contributed by atoms with Gasteiger partial charge in [-0.25, -0.2) is 0 Å². The Bertz CT molecular complexity index is 507. The zero-order chi connectivity index (χ0) is 14.9. The smallest absolute Gasteiger partial charge is 0.224 e. The molecule has 1 aromatic rings. The van der Waals surface area contributed by atoms with Crippen LogP contribution in [0.5, 0.6) is 0 Å². The van der Waals surface area contributed by atoms with Gasteiger partial charge in [0.05, 0.1) is 17.4 Å². The maximum atomic E-state index is 11.8. The van der Waals surface area contributed by atoms with Crippen LogP contribution in [0.1, 0.15) is 31.2 Å². The van der Waals surface area contributed by atoms with E-state index in [2.05, 4.69) is 11.4 Å². The highest BCUT2D eigenvalue weighted by Gasteiger charge is 2.14. The van der Waals surface area contributed by atoms with E-state index in [1.807, 2.05) is 17.8 Å². The number of ether oxygens (including phenoxy) is 1. The van der Waals surface area contributed by atoms with Gasteiger partial charge in [0.25, 0.3) is 0 Å². The number of nitriles is 1. The second-order valence-corrected chi connectivity index (χ2v) is 6.17. The number of para-hydroxylation sites is 1. The molecule has 1 N–H and O–H groups in total. The Hall–Kier alpha value is -1.51. The zero-order valence-electron chi connectivity index (χ0n) is 12.0. The number of hydrogen-bond acceptors (Lipinski definition) is 4. The van der Waals surface area contributed by atoms with Crippen LogP contribution >= 0.6 is 11.8 Å². The Balaban J connectivity index is 1.62. The minimum absolute atomic E-state index is 0.0320. The van der Waals surface area contributed by atoms with E-state index in [0.29, 0.717) is 23.8 Å². The topological polar surface area (TPSA) is 62.1 Å². The standard InChI is InChI=1S/C16H20N2O2S/c17-11-13-5-1-2-7-15(13)18-16(19)8-4-10-21-12-14-6-3-9-20-14/h1-2,5,7,14H,3-4,6,8-10,12H2,(H,18,19). The van der Waals surface area contributed by atoms with Gasteiger partial charge in [-0.2, -0.15) is 17.0 Å². The van der Waals surface area contributed by atoms with Crippen LogP contribution in [0, 0.1) is 11.3 Å². The van der Waals surface area contributed by atoms with Crippen molar-refractivity contribution in [2.24, 2.45) is 0 Å². The maximum Gasteiger partial charge on any atom is 0.224 e. The summed E-state index contributed by atoms with van der Waals surface area (Å²) < 4.78 is 5.55. The molecule has 0 saturated carbocycles. The molecule has 5 heteroatoms. The van der Waals surface area contributed by atoms with Crippen molar-refractivity contribution in [3.05, 3.63) is 29.8 Å². The lowest BCUT2D eigenvalue weighted by atomic mass is 10.2. The van der Waals surface area contributed by atoms with Gasteiger partial charge < -0.3 is 10.1 Å². The van der Waals surface area contributed by atoms with Crippen molar-refractivity contribution in [3.8, 4) is 6.07 Å². The molecular weight excluding hydrogens is 284 g/mol. The summed E-state index contributed by atoms with van der Waals surface area (Å²) >= 11 is 1.85. The Labute approximate surface area is 129 Å². The molecule has 1 fully saturated rings. The number of anilines is 1. The molecule has 0 bridgehead atoms. The summed E-state index contributed by atoms with van der Waals surface area (Å²) in [6.07, 6.45) is 4.08. The van der Waals surface area contributed by atoms with Crippen molar-refractivity contribution in [2.75, 3.05) is 23.4 Å². The summed E-state index contributed by atoms with van der Waals surface area (Å²) in [5, 5.41) is 11.8. The van der Waals surface area contributed by atoms with Crippen molar-refractivity contribution < 1.29 is 9.53 Å². The lowest BCUT2D eigenvalue weighted by Crippen LogP contribution is -2.13. The van der Waals surface area contributed by atoms with Crippen LogP contribution in [-0.4, -0.2) is 30.1 Å². The lowest BCUT2D eigenvalue weighted by Gasteiger charge is -2.09. The highest BCUT2D eigenvalue weighted by Crippen LogP contribution is 2.18. The molecule has 1 aliphatic heterocycles. The predicted molar refractivity (Wildman–Crippen MR) is 85.3 cm³/mol. The molecule has 1 amide bonds. The number of rotatable bonds is 7. The van der Waals surface area contributed by atoms with Crippen LogP contribution in [0.15, 0.2) is 24.3 Å². The molecule has 21 heavy (non-hydrogen) atoms. The van der Waals surface area contributed by atoms with Gasteiger partial charge in [-0.1, -0.05) is 12.1 Å². The SMILES string of the molecule is N#Cc1ccccc1NC(=O)CCCSCC1CCCO1. The molecule has 1 aromatic carbocycles. The second kappa shape index (κ2) is 8.71. The molecular formula is C16H20N2O2S. The Morgan fingerprint density at radius 2 is 2.33 bits per heavy atom. The highest BCUT2D eigenvalue weighted by atomic mass is 32.2. The molecule has 0 aliphatic carbocycles. The average Bonchev–Trinajstić information content (AvgIpc) is 3.01. The van der Waals surface area contributed by atoms with E-state index in [4.69, 9.17) is 10.00 Å². The van der Waals surface area contributed by atoms with Gasteiger partial charge >= 0.3 is 0 Å². The van der Waals surface area contributed by atoms with Crippen LogP contribution < -0.4 is 5.32 Å². The van der Waals surface area contributed by atoms with Gasteiger partial charge in [0.2, 0.25) is 5.91 Å². The quantitative estimate of drug-likeness (QED) is 0.786. The summed E-state index contributed by atoms with van der Waals surface area (Å²) in [4.78, 5) is 11.8. The summed E-state index contributed by atoms with van der Waals surface area (Å²) in [7, 11) is 0. The highest BCUT2D eigenvalue weighted by molar-refractivity contribution is 7.99. The third-order valence-corrected chi connectivity index (χ3v) is 4.53. The van der Waals surface area contributed by atoms with Gasteiger partial charge in [-0.05, 0) is 37.1 Å². The minimum atomic E-state index is -0.0320. The van der Waals surface area contributed by atoms with E-state index in [1.54, 1.807) is 18.2 Å². The molecule has 4 nitrogen and oxygen atoms in total. The molecule has 2 rings (SSSR count). The first-order chi connectivity index (χ1) is 10.3. The molecule has 0 aromatic heterocycles. The summed E-state index contributed by atoms with van der Waals surface area (Å²) in [5.74, 6) is 1.96. The molecule has 1 heterocycles. The number of thioether (sulfide) groups is 1. The van der Waals surface area contributed by atoms with Crippen molar-refractivity contribution in [2.45, 2.75) is 31.8 Å². The van der Waals surface area contributed by atoms with Crippen molar-refractivity contribution in [1.29, 1.82) is 5.26 Å². The normalized spacial score (nSPS) is 17.4. The van der Waals surface area contributed by atoms with Crippen LogP contribution in [0.2, 0.25) is 0 Å². The van der Waals surface area contributed by atoms with Gasteiger partial charge in [-0.15, -0.1) is 0 Å². The van der Waals surface area contributed by atoms with Gasteiger partial charge in [0.15, 0.2) is 0 Å². The van der Waals surface area contributed by atoms with Gasteiger partial charge in [0.1, 0.15) is 6.07 Å². The number of carbonyl (C=O) groups excluding carboxylic acids is 1. The minimum Gasteiger partial charge on any atom is -0.377 e. The van der Waals surface area contributed by atoms with Crippen molar-refractivity contribution in [3.63, 3.8) is 0 Å². The second-order valence-electron chi connectivity index (χ2n) is 5.02. The van der Waals surface area contributed by atoms with Crippen molar-refractivity contribution in [1.82, 2.24) is 0 Å². The first-order valence-corrected chi connectivity index (χ1v) is 8.43. The summed E-state index contributed by atoms with van der Waals surface area (Å²) in [6, 6.07) is 9.13. The monoisotopic (exact) mass is 304 g/mol. The number of carbonyl (C=O) groups is 1. The number of hydrogen-bond donors (Lipinski definition) is 1. The largest absolute Gasteiger partial charge is 0.377 e. The Kier molecular flexibility index (Phi) is 6.58. The van der Waals surface area contributed by atoms with Gasteiger partial charge in [-0.3, -0.25) is 4.79 Å². The van der Waals surface area contributed by atoms with Crippen LogP contribution in [-0.2, 0) is 9.53 Å². The fourth-order valence-corrected chi connectivity index (χ4v) is 3.27. The molecule has 112 valence electrons. The average molecular weight is 304 g/mol. The number of nitrogens with one attached hydrogen (secondary N) is 1. The Morgan fingerprint density at radius 1 is 1.48 bits per heavy atom. The number of amides is 1. The molecule has 1 saturated heterocycles. The number of nitrogens with zero attached hydrogens (tertiary/aromatic N) is 1. The van der Waals surface area contributed by atoms with Gasteiger partial charge in [0, 0.05) is 18.8 Å². The molecule has 0 spiro atoms. The molecule has 1 unspecified atom stereocenters.